The number of amides is 1. The molecular weight excluding hydrogens is 413 g/mol. The number of halogens is 2. The molecule has 29 heavy (non-hydrogen) atoms. The van der Waals surface area contributed by atoms with Gasteiger partial charge in [-0.3, -0.25) is 9.78 Å². The summed E-state index contributed by atoms with van der Waals surface area (Å²) in [5.74, 6) is 0.330. The number of carbonyl (C=O) groups is 1. The summed E-state index contributed by atoms with van der Waals surface area (Å²) >= 11 is 12.0. The molecular formula is C20H19Cl2N5O2. The number of nitrogens with one attached hydrogen (secondary N) is 2. The zero-order valence-electron chi connectivity index (χ0n) is 15.7. The lowest BCUT2D eigenvalue weighted by molar-refractivity contribution is 0.102. The maximum atomic E-state index is 12.7. The number of pyridine rings is 1. The molecule has 0 spiro atoms. The summed E-state index contributed by atoms with van der Waals surface area (Å²) in [5.41, 5.74) is 1.72. The number of benzene rings is 1. The highest BCUT2D eigenvalue weighted by molar-refractivity contribution is 6.37. The van der Waals surface area contributed by atoms with Crippen LogP contribution in [0.4, 0.5) is 11.8 Å². The van der Waals surface area contributed by atoms with E-state index >= 15 is 0 Å². The third-order valence-electron chi connectivity index (χ3n) is 3.91. The van der Waals surface area contributed by atoms with E-state index in [1.54, 1.807) is 37.7 Å². The van der Waals surface area contributed by atoms with Gasteiger partial charge in [0, 0.05) is 49.3 Å². The van der Waals surface area contributed by atoms with Crippen molar-refractivity contribution in [1.29, 1.82) is 0 Å². The molecule has 0 radical (unpaired) electrons. The fourth-order valence-corrected chi connectivity index (χ4v) is 3.02. The van der Waals surface area contributed by atoms with Crippen LogP contribution in [0.1, 0.15) is 16.8 Å². The standard InChI is InChI=1S/C20H19Cl2N5O2/c1-29-9-3-8-24-20-25-17(13-4-2-7-23-12-13)11-18(27-20)26-19(28)15-6-5-14(21)10-16(15)22/h2,4-7,10-12H,3,8-9H2,1H3,(H2,24,25,26,27,28). The zero-order valence-corrected chi connectivity index (χ0v) is 17.2. The van der Waals surface area contributed by atoms with Gasteiger partial charge in [-0.05, 0) is 36.8 Å². The Labute approximate surface area is 178 Å². The maximum absolute atomic E-state index is 12.7. The van der Waals surface area contributed by atoms with Crippen molar-refractivity contribution in [3.05, 3.63) is 64.4 Å². The van der Waals surface area contributed by atoms with Crippen LogP contribution < -0.4 is 10.6 Å². The van der Waals surface area contributed by atoms with Crippen molar-refractivity contribution in [1.82, 2.24) is 15.0 Å². The summed E-state index contributed by atoms with van der Waals surface area (Å²) in [5, 5.41) is 6.62. The SMILES string of the molecule is COCCCNc1nc(NC(=O)c2ccc(Cl)cc2Cl)cc(-c2cccnc2)n1. The molecule has 7 nitrogen and oxygen atoms in total. The monoisotopic (exact) mass is 431 g/mol. The molecule has 2 aromatic heterocycles. The van der Waals surface area contributed by atoms with E-state index < -0.39 is 5.91 Å². The molecule has 0 fully saturated rings. The fourth-order valence-electron chi connectivity index (χ4n) is 2.53. The van der Waals surface area contributed by atoms with Gasteiger partial charge in [0.2, 0.25) is 5.95 Å². The molecule has 1 aromatic carbocycles. The minimum atomic E-state index is -0.396. The molecule has 0 saturated heterocycles. The predicted molar refractivity (Wildman–Crippen MR) is 115 cm³/mol. The van der Waals surface area contributed by atoms with Crippen molar-refractivity contribution >= 4 is 40.9 Å². The van der Waals surface area contributed by atoms with Gasteiger partial charge in [0.25, 0.3) is 5.91 Å². The number of anilines is 2. The molecule has 150 valence electrons. The number of nitrogens with zero attached hydrogens (tertiary/aromatic N) is 3. The highest BCUT2D eigenvalue weighted by atomic mass is 35.5. The molecule has 0 bridgehead atoms. The Bertz CT molecular complexity index is 986. The number of rotatable bonds is 8. The highest BCUT2D eigenvalue weighted by Gasteiger charge is 2.14. The summed E-state index contributed by atoms with van der Waals surface area (Å²) in [4.78, 5) is 25.7. The van der Waals surface area contributed by atoms with Crippen molar-refractivity contribution in [3.8, 4) is 11.3 Å². The molecule has 0 aliphatic heterocycles. The van der Waals surface area contributed by atoms with Gasteiger partial charge in [0.15, 0.2) is 0 Å². The molecule has 2 heterocycles. The van der Waals surface area contributed by atoms with Crippen LogP contribution in [-0.4, -0.2) is 41.1 Å². The van der Waals surface area contributed by atoms with Crippen LogP contribution in [0.15, 0.2) is 48.8 Å². The van der Waals surface area contributed by atoms with Crippen LogP contribution in [0.25, 0.3) is 11.3 Å². The number of hydrogen-bond acceptors (Lipinski definition) is 6. The zero-order chi connectivity index (χ0) is 20.6. The summed E-state index contributed by atoms with van der Waals surface area (Å²) < 4.78 is 5.05. The third kappa shape index (κ3) is 5.87. The number of carbonyl (C=O) groups excluding carboxylic acids is 1. The maximum Gasteiger partial charge on any atom is 0.258 e. The van der Waals surface area contributed by atoms with E-state index in [-0.39, 0.29) is 5.02 Å². The Morgan fingerprint density at radius 1 is 1.17 bits per heavy atom. The smallest absolute Gasteiger partial charge is 0.258 e. The number of methoxy groups -OCH3 is 1. The largest absolute Gasteiger partial charge is 0.385 e. The molecule has 0 aliphatic carbocycles. The summed E-state index contributed by atoms with van der Waals surface area (Å²) in [7, 11) is 1.65. The molecule has 9 heteroatoms. The van der Waals surface area contributed by atoms with E-state index in [2.05, 4.69) is 25.6 Å². The Morgan fingerprint density at radius 2 is 2.03 bits per heavy atom. The first-order chi connectivity index (χ1) is 14.1. The van der Waals surface area contributed by atoms with Crippen LogP contribution in [0.2, 0.25) is 10.0 Å². The third-order valence-corrected chi connectivity index (χ3v) is 4.46. The van der Waals surface area contributed by atoms with Gasteiger partial charge in [-0.2, -0.15) is 4.98 Å². The van der Waals surface area contributed by atoms with Gasteiger partial charge < -0.3 is 15.4 Å². The van der Waals surface area contributed by atoms with Crippen molar-refractivity contribution < 1.29 is 9.53 Å². The van der Waals surface area contributed by atoms with Crippen LogP contribution in [0, 0.1) is 0 Å². The van der Waals surface area contributed by atoms with E-state index in [1.165, 1.54) is 6.07 Å². The van der Waals surface area contributed by atoms with Crippen LogP contribution in [0.3, 0.4) is 0 Å². The van der Waals surface area contributed by atoms with Gasteiger partial charge in [-0.15, -0.1) is 0 Å². The number of hydrogen-bond donors (Lipinski definition) is 2. The molecule has 3 rings (SSSR count). The van der Waals surface area contributed by atoms with E-state index in [0.29, 0.717) is 41.2 Å². The quantitative estimate of drug-likeness (QED) is 0.508. The molecule has 3 aromatic rings. The van der Waals surface area contributed by atoms with E-state index in [9.17, 15) is 4.79 Å². The minimum Gasteiger partial charge on any atom is -0.385 e. The Balaban J connectivity index is 1.86. The Morgan fingerprint density at radius 3 is 2.76 bits per heavy atom. The molecule has 0 saturated carbocycles. The van der Waals surface area contributed by atoms with Crippen molar-refractivity contribution in [2.45, 2.75) is 6.42 Å². The van der Waals surface area contributed by atoms with E-state index in [0.717, 1.165) is 12.0 Å². The lowest BCUT2D eigenvalue weighted by Gasteiger charge is -2.11. The Hall–Kier alpha value is -2.74. The average Bonchev–Trinajstić information content (AvgIpc) is 2.71. The van der Waals surface area contributed by atoms with E-state index in [1.807, 2.05) is 12.1 Å². The Kier molecular flexibility index (Phi) is 7.35. The molecule has 0 atom stereocenters. The summed E-state index contributed by atoms with van der Waals surface area (Å²) in [6.45, 7) is 1.24. The van der Waals surface area contributed by atoms with Gasteiger partial charge in [-0.1, -0.05) is 23.2 Å². The van der Waals surface area contributed by atoms with Gasteiger partial charge in [-0.25, -0.2) is 4.98 Å². The first kappa shape index (κ1) is 21.0. The van der Waals surface area contributed by atoms with Gasteiger partial charge in [0.05, 0.1) is 16.3 Å². The average molecular weight is 432 g/mol. The van der Waals surface area contributed by atoms with Crippen molar-refractivity contribution in [2.75, 3.05) is 30.9 Å². The van der Waals surface area contributed by atoms with Crippen LogP contribution >= 0.6 is 23.2 Å². The predicted octanol–water partition coefficient (Wildman–Crippen LogP) is 4.55. The first-order valence-electron chi connectivity index (χ1n) is 8.85. The topological polar surface area (TPSA) is 89.0 Å². The first-order valence-corrected chi connectivity index (χ1v) is 9.61. The number of ether oxygens (including phenoxy) is 1. The minimum absolute atomic E-state index is 0.259. The highest BCUT2D eigenvalue weighted by Crippen LogP contribution is 2.24. The van der Waals surface area contributed by atoms with Crippen molar-refractivity contribution in [3.63, 3.8) is 0 Å². The van der Waals surface area contributed by atoms with Crippen molar-refractivity contribution in [2.24, 2.45) is 0 Å². The van der Waals surface area contributed by atoms with Gasteiger partial charge >= 0.3 is 0 Å². The molecule has 1 amide bonds. The second kappa shape index (κ2) is 10.2. The van der Waals surface area contributed by atoms with Crippen LogP contribution in [0.5, 0.6) is 0 Å². The second-order valence-corrected chi connectivity index (χ2v) is 6.90. The normalized spacial score (nSPS) is 10.6. The second-order valence-electron chi connectivity index (χ2n) is 6.06. The van der Waals surface area contributed by atoms with Gasteiger partial charge in [0.1, 0.15) is 5.82 Å². The molecule has 0 aliphatic rings. The summed E-state index contributed by atoms with van der Waals surface area (Å²) in [6.07, 6.45) is 4.16. The van der Waals surface area contributed by atoms with E-state index in [4.69, 9.17) is 27.9 Å². The van der Waals surface area contributed by atoms with Crippen LogP contribution in [-0.2, 0) is 4.74 Å². The lowest BCUT2D eigenvalue weighted by atomic mass is 10.2. The number of aromatic nitrogens is 3. The molecule has 0 unspecified atom stereocenters. The molecule has 2 N–H and O–H groups in total. The lowest BCUT2D eigenvalue weighted by Crippen LogP contribution is -2.15. The summed E-state index contributed by atoms with van der Waals surface area (Å²) in [6, 6.07) is 10.1. The fraction of sp³-hybridized carbons (Fsp3) is 0.200.